The molecule has 0 aliphatic rings. The molecule has 0 spiro atoms. The molecule has 2 aromatic carbocycles. The van der Waals surface area contributed by atoms with Crippen LogP contribution in [-0.2, 0) is 17.9 Å². The zero-order chi connectivity index (χ0) is 25.5. The van der Waals surface area contributed by atoms with Gasteiger partial charge in [-0.15, -0.1) is 16.8 Å². The van der Waals surface area contributed by atoms with E-state index in [4.69, 9.17) is 23.2 Å². The number of benzene rings is 2. The molecule has 35 heavy (non-hydrogen) atoms. The average Bonchev–Trinajstić information content (AvgIpc) is 3.20. The summed E-state index contributed by atoms with van der Waals surface area (Å²) in [4.78, 5) is 35.3. The molecule has 3 rings (SSSR count). The number of carbonyl (C=O) groups is 2. The summed E-state index contributed by atoms with van der Waals surface area (Å²) >= 11 is 13.0. The summed E-state index contributed by atoms with van der Waals surface area (Å²) in [7, 11) is 0. The van der Waals surface area contributed by atoms with Gasteiger partial charge in [-0.3, -0.25) is 19.7 Å². The Morgan fingerprint density at radius 2 is 1.97 bits per heavy atom. The van der Waals surface area contributed by atoms with Crippen LogP contribution in [0.15, 0.2) is 54.2 Å². The standard InChI is InChI=1S/C22H20Cl2N6O4S/c1-3-8-29-19(11-25-21(32)14-4-6-16(23)17(24)10-14)27-28-22(29)35-12-20(31)26-18-7-5-15(30(33)34)9-13(18)2/h3-7,9-10H,1,8,11-12H2,2H3,(H,25,32)(H,26,31). The predicted molar refractivity (Wildman–Crippen MR) is 135 cm³/mol. The Labute approximate surface area is 214 Å². The maximum absolute atomic E-state index is 12.4. The smallest absolute Gasteiger partial charge is 0.269 e. The number of amides is 2. The van der Waals surface area contributed by atoms with Crippen molar-refractivity contribution >= 4 is 58.2 Å². The van der Waals surface area contributed by atoms with Gasteiger partial charge in [-0.1, -0.05) is 41.0 Å². The minimum atomic E-state index is -0.495. The molecule has 0 bridgehead atoms. The number of nitro benzene ring substituents is 1. The molecule has 2 N–H and O–H groups in total. The molecule has 10 nitrogen and oxygen atoms in total. The van der Waals surface area contributed by atoms with Gasteiger partial charge in [-0.25, -0.2) is 0 Å². The van der Waals surface area contributed by atoms with Crippen molar-refractivity contribution in [3.63, 3.8) is 0 Å². The number of nitro groups is 1. The van der Waals surface area contributed by atoms with Crippen LogP contribution >= 0.6 is 35.0 Å². The number of aromatic nitrogens is 3. The first-order valence-corrected chi connectivity index (χ1v) is 11.9. The van der Waals surface area contributed by atoms with Crippen molar-refractivity contribution in [1.29, 1.82) is 0 Å². The molecule has 0 radical (unpaired) electrons. The zero-order valence-corrected chi connectivity index (χ0v) is 20.8. The third-order valence-electron chi connectivity index (χ3n) is 4.72. The monoisotopic (exact) mass is 534 g/mol. The Balaban J connectivity index is 1.62. The highest BCUT2D eigenvalue weighted by molar-refractivity contribution is 7.99. The first-order valence-electron chi connectivity index (χ1n) is 10.1. The largest absolute Gasteiger partial charge is 0.345 e. The van der Waals surface area contributed by atoms with E-state index in [9.17, 15) is 19.7 Å². The zero-order valence-electron chi connectivity index (χ0n) is 18.5. The minimum Gasteiger partial charge on any atom is -0.345 e. The summed E-state index contributed by atoms with van der Waals surface area (Å²) in [5, 5.41) is 25.7. The number of anilines is 1. The fourth-order valence-corrected chi connectivity index (χ4v) is 4.05. The number of nitrogens with zero attached hydrogens (tertiary/aromatic N) is 4. The second-order valence-electron chi connectivity index (χ2n) is 7.20. The van der Waals surface area contributed by atoms with E-state index in [2.05, 4.69) is 27.4 Å². The van der Waals surface area contributed by atoms with Crippen molar-refractivity contribution in [3.05, 3.63) is 86.2 Å². The van der Waals surface area contributed by atoms with E-state index in [1.165, 1.54) is 30.3 Å². The predicted octanol–water partition coefficient (Wildman–Crippen LogP) is 4.65. The molecule has 1 aromatic heterocycles. The van der Waals surface area contributed by atoms with E-state index >= 15 is 0 Å². The molecule has 13 heteroatoms. The van der Waals surface area contributed by atoms with E-state index in [-0.39, 0.29) is 34.8 Å². The molecule has 0 aliphatic heterocycles. The van der Waals surface area contributed by atoms with Crippen LogP contribution in [0.3, 0.4) is 0 Å². The number of allylic oxidation sites excluding steroid dienone is 1. The quantitative estimate of drug-likeness (QED) is 0.167. The van der Waals surface area contributed by atoms with Crippen LogP contribution in [0.4, 0.5) is 11.4 Å². The summed E-state index contributed by atoms with van der Waals surface area (Å²) in [6.45, 7) is 5.87. The van der Waals surface area contributed by atoms with Crippen LogP contribution in [0, 0.1) is 17.0 Å². The molecule has 0 unspecified atom stereocenters. The Morgan fingerprint density at radius 1 is 1.20 bits per heavy atom. The summed E-state index contributed by atoms with van der Waals surface area (Å²) in [6, 6.07) is 8.78. The van der Waals surface area contributed by atoms with Gasteiger partial charge in [-0.2, -0.15) is 0 Å². The van der Waals surface area contributed by atoms with Crippen molar-refractivity contribution in [2.24, 2.45) is 0 Å². The second-order valence-corrected chi connectivity index (χ2v) is 8.96. The number of thioether (sulfide) groups is 1. The maximum Gasteiger partial charge on any atom is 0.269 e. The lowest BCUT2D eigenvalue weighted by Gasteiger charge is -2.10. The summed E-state index contributed by atoms with van der Waals surface area (Å²) in [5.74, 6) is -0.160. The van der Waals surface area contributed by atoms with Crippen LogP contribution in [0.1, 0.15) is 21.7 Å². The number of rotatable bonds is 10. The minimum absolute atomic E-state index is 0.0291. The van der Waals surface area contributed by atoms with Gasteiger partial charge in [0.2, 0.25) is 5.91 Å². The number of hydrogen-bond donors (Lipinski definition) is 2. The summed E-state index contributed by atoms with van der Waals surface area (Å²) in [6.07, 6.45) is 1.65. The lowest BCUT2D eigenvalue weighted by molar-refractivity contribution is -0.384. The number of aryl methyl sites for hydroxylation is 1. The van der Waals surface area contributed by atoms with Crippen molar-refractivity contribution in [2.45, 2.75) is 25.2 Å². The van der Waals surface area contributed by atoms with Crippen LogP contribution < -0.4 is 10.6 Å². The van der Waals surface area contributed by atoms with Crippen molar-refractivity contribution in [2.75, 3.05) is 11.1 Å². The average molecular weight is 535 g/mol. The van der Waals surface area contributed by atoms with Crippen molar-refractivity contribution in [1.82, 2.24) is 20.1 Å². The number of carbonyl (C=O) groups excluding carboxylic acids is 2. The van der Waals surface area contributed by atoms with Gasteiger partial charge in [0, 0.05) is 29.9 Å². The molecule has 0 saturated carbocycles. The maximum atomic E-state index is 12.4. The normalized spacial score (nSPS) is 10.6. The van der Waals surface area contributed by atoms with E-state index < -0.39 is 4.92 Å². The Kier molecular flexibility index (Phi) is 8.85. The number of non-ortho nitro benzene ring substituents is 1. The first-order chi connectivity index (χ1) is 16.7. The lowest BCUT2D eigenvalue weighted by Crippen LogP contribution is -2.25. The molecule has 1 heterocycles. The molecule has 2 amide bonds. The van der Waals surface area contributed by atoms with Gasteiger partial charge in [0.15, 0.2) is 11.0 Å². The summed E-state index contributed by atoms with van der Waals surface area (Å²) < 4.78 is 1.73. The van der Waals surface area contributed by atoms with E-state index in [1.54, 1.807) is 23.6 Å². The van der Waals surface area contributed by atoms with Gasteiger partial charge >= 0.3 is 0 Å². The number of hydrogen-bond acceptors (Lipinski definition) is 7. The van der Waals surface area contributed by atoms with Gasteiger partial charge in [-0.05, 0) is 36.8 Å². The fourth-order valence-electron chi connectivity index (χ4n) is 2.99. The Bertz CT molecular complexity index is 1300. The first kappa shape index (κ1) is 26.2. The number of halogens is 2. The summed E-state index contributed by atoms with van der Waals surface area (Å²) in [5.41, 5.74) is 1.36. The van der Waals surface area contributed by atoms with Gasteiger partial charge in [0.05, 0.1) is 27.3 Å². The third-order valence-corrected chi connectivity index (χ3v) is 6.43. The SMILES string of the molecule is C=CCn1c(CNC(=O)c2ccc(Cl)c(Cl)c2)nnc1SCC(=O)Nc1ccc([N+](=O)[O-])cc1C. The van der Waals surface area contributed by atoms with E-state index in [0.717, 1.165) is 11.8 Å². The lowest BCUT2D eigenvalue weighted by atomic mass is 10.2. The molecular formula is C22H20Cl2N6O4S. The topological polar surface area (TPSA) is 132 Å². The van der Waals surface area contributed by atoms with Gasteiger partial charge in [0.1, 0.15) is 0 Å². The molecule has 182 valence electrons. The molecule has 0 fully saturated rings. The Morgan fingerprint density at radius 3 is 2.63 bits per heavy atom. The molecule has 0 atom stereocenters. The fraction of sp³-hybridized carbons (Fsp3) is 0.182. The highest BCUT2D eigenvalue weighted by Crippen LogP contribution is 2.24. The van der Waals surface area contributed by atoms with E-state index in [1.807, 2.05) is 0 Å². The highest BCUT2D eigenvalue weighted by Gasteiger charge is 2.16. The van der Waals surface area contributed by atoms with Gasteiger partial charge < -0.3 is 15.2 Å². The third kappa shape index (κ3) is 6.81. The van der Waals surface area contributed by atoms with Crippen LogP contribution in [0.2, 0.25) is 10.0 Å². The molecule has 0 saturated heterocycles. The van der Waals surface area contributed by atoms with Crippen LogP contribution in [-0.4, -0.2) is 37.3 Å². The van der Waals surface area contributed by atoms with Crippen molar-refractivity contribution in [3.8, 4) is 0 Å². The van der Waals surface area contributed by atoms with Crippen LogP contribution in [0.5, 0.6) is 0 Å². The van der Waals surface area contributed by atoms with E-state index in [0.29, 0.717) is 39.4 Å². The molecular weight excluding hydrogens is 515 g/mol. The molecule has 3 aromatic rings. The van der Waals surface area contributed by atoms with Gasteiger partial charge in [0.25, 0.3) is 11.6 Å². The second kappa shape index (κ2) is 11.8. The Hall–Kier alpha value is -3.41. The molecule has 0 aliphatic carbocycles. The highest BCUT2D eigenvalue weighted by atomic mass is 35.5. The van der Waals surface area contributed by atoms with Crippen LogP contribution in [0.25, 0.3) is 0 Å². The number of nitrogens with one attached hydrogen (secondary N) is 2. The van der Waals surface area contributed by atoms with Crippen molar-refractivity contribution < 1.29 is 14.5 Å².